The highest BCUT2D eigenvalue weighted by atomic mass is 16.5. The summed E-state index contributed by atoms with van der Waals surface area (Å²) in [5.74, 6) is 0.483. The van der Waals surface area contributed by atoms with Crippen LogP contribution in [-0.2, 0) is 0 Å². The molecule has 0 bridgehead atoms. The van der Waals surface area contributed by atoms with Gasteiger partial charge in [-0.1, -0.05) is 39.2 Å². The third-order valence-corrected chi connectivity index (χ3v) is 6.86. The van der Waals surface area contributed by atoms with Crippen molar-refractivity contribution in [2.75, 3.05) is 6.61 Å². The second-order valence-corrected chi connectivity index (χ2v) is 8.88. The fourth-order valence-electron chi connectivity index (χ4n) is 4.82. The van der Waals surface area contributed by atoms with Gasteiger partial charge >= 0.3 is 5.97 Å². The zero-order chi connectivity index (χ0) is 23.8. The summed E-state index contributed by atoms with van der Waals surface area (Å²) in [6.07, 6.45) is 8.70. The molecule has 0 radical (unpaired) electrons. The number of unbranched alkanes of at least 4 members (excludes halogenated alkanes) is 2. The molecule has 172 valence electrons. The number of aromatic carboxylic acids is 1. The molecule has 0 amide bonds. The quantitative estimate of drug-likeness (QED) is 0.418. The van der Waals surface area contributed by atoms with Crippen LogP contribution in [0.4, 0.5) is 0 Å². The maximum Gasteiger partial charge on any atom is 0.336 e. The second kappa shape index (κ2) is 11.5. The molecule has 1 fully saturated rings. The van der Waals surface area contributed by atoms with Crippen molar-refractivity contribution in [1.82, 2.24) is 0 Å². The first kappa shape index (κ1) is 24.3. The fraction of sp³-hybridized carbons (Fsp3) is 0.464. The largest absolute Gasteiger partial charge is 0.492 e. The first-order valence-corrected chi connectivity index (χ1v) is 12.0. The molecule has 0 spiro atoms. The summed E-state index contributed by atoms with van der Waals surface area (Å²) >= 11 is 0. The van der Waals surface area contributed by atoms with E-state index in [1.165, 1.54) is 19.3 Å². The third-order valence-electron chi connectivity index (χ3n) is 6.86. The van der Waals surface area contributed by atoms with Crippen LogP contribution in [0.2, 0.25) is 0 Å². The van der Waals surface area contributed by atoms with Gasteiger partial charge in [-0.15, -0.1) is 0 Å². The van der Waals surface area contributed by atoms with Crippen LogP contribution in [0.5, 0.6) is 5.75 Å². The smallest absolute Gasteiger partial charge is 0.336 e. The van der Waals surface area contributed by atoms with Crippen LogP contribution >= 0.6 is 0 Å². The summed E-state index contributed by atoms with van der Waals surface area (Å²) in [7, 11) is 0. The van der Waals surface area contributed by atoms with Crippen LogP contribution in [0.15, 0.2) is 30.3 Å². The molecule has 1 aliphatic carbocycles. The van der Waals surface area contributed by atoms with Gasteiger partial charge in [0, 0.05) is 5.56 Å². The number of carboxylic acids is 1. The zero-order valence-corrected chi connectivity index (χ0v) is 19.6. The SMILES string of the molecule is CCCCCOc1ccc(-c2cc(C3CCC(CC)CC3)ccc2C(=O)O)c(C#N)c1C#N. The lowest BCUT2D eigenvalue weighted by atomic mass is 9.77. The molecule has 0 unspecified atom stereocenters. The van der Waals surface area contributed by atoms with Gasteiger partial charge in [-0.05, 0) is 79.3 Å². The Bertz CT molecular complexity index is 1070. The molecule has 2 aromatic rings. The van der Waals surface area contributed by atoms with Crippen molar-refractivity contribution in [3.05, 3.63) is 52.6 Å². The Morgan fingerprint density at radius 2 is 1.73 bits per heavy atom. The minimum atomic E-state index is -1.05. The molecule has 0 aliphatic heterocycles. The van der Waals surface area contributed by atoms with Crippen LogP contribution in [0.25, 0.3) is 11.1 Å². The zero-order valence-electron chi connectivity index (χ0n) is 19.6. The highest BCUT2D eigenvalue weighted by molar-refractivity contribution is 5.97. The monoisotopic (exact) mass is 444 g/mol. The molecule has 0 atom stereocenters. The number of carbonyl (C=O) groups is 1. The second-order valence-electron chi connectivity index (χ2n) is 8.88. The highest BCUT2D eigenvalue weighted by Gasteiger charge is 2.25. The van der Waals surface area contributed by atoms with Gasteiger partial charge in [-0.2, -0.15) is 10.5 Å². The minimum absolute atomic E-state index is 0.137. The van der Waals surface area contributed by atoms with Gasteiger partial charge < -0.3 is 9.84 Å². The van der Waals surface area contributed by atoms with Crippen molar-refractivity contribution in [3.63, 3.8) is 0 Å². The molecule has 0 saturated heterocycles. The van der Waals surface area contributed by atoms with Crippen molar-refractivity contribution in [1.29, 1.82) is 10.5 Å². The van der Waals surface area contributed by atoms with Gasteiger partial charge in [0.15, 0.2) is 0 Å². The number of nitriles is 2. The van der Waals surface area contributed by atoms with Gasteiger partial charge in [0.05, 0.1) is 17.7 Å². The number of hydrogen-bond acceptors (Lipinski definition) is 4. The predicted molar refractivity (Wildman–Crippen MR) is 128 cm³/mol. The van der Waals surface area contributed by atoms with E-state index in [2.05, 4.69) is 26.0 Å². The number of ether oxygens (including phenoxy) is 1. The maximum absolute atomic E-state index is 12.0. The molecule has 1 N–H and O–H groups in total. The topological polar surface area (TPSA) is 94.1 Å². The fourth-order valence-corrected chi connectivity index (χ4v) is 4.82. The number of benzene rings is 2. The van der Waals surface area contributed by atoms with Gasteiger partial charge in [0.25, 0.3) is 0 Å². The van der Waals surface area contributed by atoms with E-state index in [9.17, 15) is 20.4 Å². The Morgan fingerprint density at radius 1 is 1.00 bits per heavy atom. The number of hydrogen-bond donors (Lipinski definition) is 1. The molecule has 5 heteroatoms. The van der Waals surface area contributed by atoms with Crippen molar-refractivity contribution in [2.45, 2.75) is 71.1 Å². The summed E-state index contributed by atoms with van der Waals surface area (Å²) in [5.41, 5.74) is 2.53. The third kappa shape index (κ3) is 5.55. The molecule has 0 heterocycles. The maximum atomic E-state index is 12.0. The van der Waals surface area contributed by atoms with E-state index in [4.69, 9.17) is 4.74 Å². The molecule has 3 rings (SSSR count). The number of carboxylic acid groups (broad SMARTS) is 1. The summed E-state index contributed by atoms with van der Waals surface area (Å²) < 4.78 is 5.79. The molecular formula is C28H32N2O3. The average molecular weight is 445 g/mol. The van der Waals surface area contributed by atoms with Crippen LogP contribution in [-0.4, -0.2) is 17.7 Å². The van der Waals surface area contributed by atoms with E-state index in [0.29, 0.717) is 29.4 Å². The first-order valence-electron chi connectivity index (χ1n) is 12.0. The van der Waals surface area contributed by atoms with Gasteiger partial charge in [-0.3, -0.25) is 0 Å². The Morgan fingerprint density at radius 3 is 2.33 bits per heavy atom. The lowest BCUT2D eigenvalue weighted by molar-refractivity contribution is 0.0697. The lowest BCUT2D eigenvalue weighted by Gasteiger charge is -2.28. The summed E-state index contributed by atoms with van der Waals surface area (Å²) in [5, 5.41) is 29.6. The Kier molecular flexibility index (Phi) is 8.50. The van der Waals surface area contributed by atoms with E-state index in [-0.39, 0.29) is 16.7 Å². The normalized spacial score (nSPS) is 17.7. The minimum Gasteiger partial charge on any atom is -0.492 e. The van der Waals surface area contributed by atoms with Gasteiger partial charge in [-0.25, -0.2) is 4.79 Å². The first-order chi connectivity index (χ1) is 16.0. The van der Waals surface area contributed by atoms with Gasteiger partial charge in [0.1, 0.15) is 23.5 Å². The molecule has 33 heavy (non-hydrogen) atoms. The molecule has 5 nitrogen and oxygen atoms in total. The molecular weight excluding hydrogens is 412 g/mol. The Hall–Kier alpha value is -3.31. The van der Waals surface area contributed by atoms with Crippen LogP contribution in [0, 0.1) is 28.6 Å². The average Bonchev–Trinajstić information content (AvgIpc) is 2.85. The van der Waals surface area contributed by atoms with E-state index in [1.807, 2.05) is 12.1 Å². The Labute approximate surface area is 196 Å². The Balaban J connectivity index is 2.02. The summed E-state index contributed by atoms with van der Waals surface area (Å²) in [6, 6.07) is 13.1. The molecule has 0 aromatic heterocycles. The summed E-state index contributed by atoms with van der Waals surface area (Å²) in [6.45, 7) is 4.81. The van der Waals surface area contributed by atoms with Gasteiger partial charge in [0.2, 0.25) is 0 Å². The predicted octanol–water partition coefficient (Wildman–Crippen LogP) is 7.05. The number of rotatable bonds is 9. The standard InChI is InChI=1S/C28H32N2O3/c1-3-5-6-15-33-27-14-13-22(25(17-29)26(27)18-30)24-16-21(11-12-23(24)28(31)32)20-9-7-19(4-2)8-10-20/h11-14,16,19-20H,3-10,15H2,1-2H3,(H,31,32). The molecule has 1 aliphatic rings. The van der Waals surface area contributed by atoms with E-state index < -0.39 is 5.97 Å². The van der Waals surface area contributed by atoms with Crippen molar-refractivity contribution < 1.29 is 14.6 Å². The highest BCUT2D eigenvalue weighted by Crippen LogP contribution is 2.40. The van der Waals surface area contributed by atoms with E-state index in [1.54, 1.807) is 18.2 Å². The number of nitrogens with zero attached hydrogens (tertiary/aromatic N) is 2. The van der Waals surface area contributed by atoms with Crippen molar-refractivity contribution >= 4 is 5.97 Å². The molecule has 1 saturated carbocycles. The van der Waals surface area contributed by atoms with Crippen molar-refractivity contribution in [2.24, 2.45) is 5.92 Å². The van der Waals surface area contributed by atoms with Crippen LogP contribution in [0.1, 0.15) is 98.2 Å². The van der Waals surface area contributed by atoms with Crippen LogP contribution in [0.3, 0.4) is 0 Å². The van der Waals surface area contributed by atoms with E-state index >= 15 is 0 Å². The van der Waals surface area contributed by atoms with Crippen molar-refractivity contribution in [3.8, 4) is 29.0 Å². The summed E-state index contributed by atoms with van der Waals surface area (Å²) in [4.78, 5) is 12.0. The van der Waals surface area contributed by atoms with E-state index in [0.717, 1.165) is 43.6 Å². The lowest BCUT2D eigenvalue weighted by Crippen LogP contribution is -2.13. The van der Waals surface area contributed by atoms with Crippen LogP contribution < -0.4 is 4.74 Å². The molecule has 2 aromatic carbocycles.